The van der Waals surface area contributed by atoms with Gasteiger partial charge >= 0.3 is 12.1 Å². The molecule has 180 valence electrons. The minimum Gasteiger partial charge on any atom is -0.480 e. The van der Waals surface area contributed by atoms with Gasteiger partial charge in [0.25, 0.3) is 0 Å². The zero-order chi connectivity index (χ0) is 24.8. The summed E-state index contributed by atoms with van der Waals surface area (Å²) in [6.45, 7) is 0.285. The van der Waals surface area contributed by atoms with Gasteiger partial charge in [0, 0.05) is 16.4 Å². The SMILES string of the molecule is O=C(O)[C@@H](Cc1ccc(I)cc1)NC(=O)[C@@H]1Cc2ccccc2CN1C(=O)OCc1ccccc1. The number of ether oxygens (including phenoxy) is 1. The van der Waals surface area contributed by atoms with Crippen LogP contribution in [-0.2, 0) is 40.3 Å². The van der Waals surface area contributed by atoms with Gasteiger partial charge in [0.15, 0.2) is 0 Å². The highest BCUT2D eigenvalue weighted by molar-refractivity contribution is 14.1. The quantitative estimate of drug-likeness (QED) is 0.407. The number of nitrogens with one attached hydrogen (secondary N) is 1. The Morgan fingerprint density at radius 3 is 2.29 bits per heavy atom. The van der Waals surface area contributed by atoms with E-state index in [0.29, 0.717) is 0 Å². The molecule has 0 saturated carbocycles. The van der Waals surface area contributed by atoms with Gasteiger partial charge in [-0.2, -0.15) is 0 Å². The number of nitrogens with zero attached hydrogens (tertiary/aromatic N) is 1. The number of hydrogen-bond acceptors (Lipinski definition) is 4. The molecule has 0 unspecified atom stereocenters. The van der Waals surface area contributed by atoms with Crippen LogP contribution in [0.2, 0.25) is 0 Å². The van der Waals surface area contributed by atoms with E-state index in [0.717, 1.165) is 25.8 Å². The van der Waals surface area contributed by atoms with E-state index in [-0.39, 0.29) is 26.0 Å². The zero-order valence-corrected chi connectivity index (χ0v) is 21.1. The third kappa shape index (κ3) is 6.39. The van der Waals surface area contributed by atoms with Crippen molar-refractivity contribution in [1.29, 1.82) is 0 Å². The van der Waals surface area contributed by atoms with Crippen LogP contribution in [0.1, 0.15) is 22.3 Å². The Balaban J connectivity index is 1.51. The molecule has 8 heteroatoms. The number of carboxylic acids is 1. The lowest BCUT2D eigenvalue weighted by atomic mass is 9.93. The van der Waals surface area contributed by atoms with Gasteiger partial charge in [0.1, 0.15) is 18.7 Å². The number of carboxylic acid groups (broad SMARTS) is 1. The maximum atomic E-state index is 13.3. The van der Waals surface area contributed by atoms with Crippen molar-refractivity contribution in [2.45, 2.75) is 38.1 Å². The largest absolute Gasteiger partial charge is 0.480 e. The Morgan fingerprint density at radius 2 is 1.60 bits per heavy atom. The first-order valence-corrected chi connectivity index (χ1v) is 12.3. The van der Waals surface area contributed by atoms with Crippen molar-refractivity contribution in [1.82, 2.24) is 10.2 Å². The van der Waals surface area contributed by atoms with Gasteiger partial charge in [0.05, 0.1) is 6.54 Å². The molecule has 0 bridgehead atoms. The second kappa shape index (κ2) is 11.4. The van der Waals surface area contributed by atoms with Crippen molar-refractivity contribution < 1.29 is 24.2 Å². The molecular formula is C27H25IN2O5. The molecule has 0 saturated heterocycles. The monoisotopic (exact) mass is 584 g/mol. The van der Waals surface area contributed by atoms with Crippen molar-refractivity contribution in [3.8, 4) is 0 Å². The van der Waals surface area contributed by atoms with Crippen molar-refractivity contribution in [3.05, 3.63) is 105 Å². The van der Waals surface area contributed by atoms with Gasteiger partial charge in [-0.3, -0.25) is 9.69 Å². The van der Waals surface area contributed by atoms with Crippen LogP contribution in [0.25, 0.3) is 0 Å². The molecule has 1 aliphatic rings. The van der Waals surface area contributed by atoms with Crippen LogP contribution in [0.15, 0.2) is 78.9 Å². The predicted molar refractivity (Wildman–Crippen MR) is 139 cm³/mol. The molecule has 3 aromatic rings. The summed E-state index contributed by atoms with van der Waals surface area (Å²) >= 11 is 2.18. The molecule has 0 aromatic heterocycles. The standard InChI is InChI=1S/C27H25IN2O5/c28-22-12-10-18(11-13-22)14-23(26(32)33)29-25(31)24-15-20-8-4-5-9-21(20)16-30(24)27(34)35-17-19-6-2-1-3-7-19/h1-13,23-24H,14-17H2,(H,29,31)(H,32,33)/t23-,24+/m1/s1. The lowest BCUT2D eigenvalue weighted by Gasteiger charge is -2.35. The van der Waals surface area contributed by atoms with E-state index in [2.05, 4.69) is 27.9 Å². The molecule has 2 amide bonds. The number of carbonyl (C=O) groups is 3. The molecular weight excluding hydrogens is 559 g/mol. The molecule has 2 N–H and O–H groups in total. The number of halogens is 1. The van der Waals surface area contributed by atoms with Crippen molar-refractivity contribution in [2.75, 3.05) is 0 Å². The average molecular weight is 584 g/mol. The maximum absolute atomic E-state index is 13.3. The third-order valence-electron chi connectivity index (χ3n) is 5.96. The van der Waals surface area contributed by atoms with Crippen LogP contribution >= 0.6 is 22.6 Å². The van der Waals surface area contributed by atoms with E-state index in [1.807, 2.05) is 78.9 Å². The second-order valence-corrected chi connectivity index (χ2v) is 9.63. The number of amides is 2. The first-order valence-electron chi connectivity index (χ1n) is 11.2. The smallest absolute Gasteiger partial charge is 0.411 e. The summed E-state index contributed by atoms with van der Waals surface area (Å²) in [4.78, 5) is 39.7. The molecule has 4 rings (SSSR count). The summed E-state index contributed by atoms with van der Waals surface area (Å²) in [5.41, 5.74) is 3.51. The van der Waals surface area contributed by atoms with E-state index >= 15 is 0 Å². The minimum atomic E-state index is -1.13. The topological polar surface area (TPSA) is 95.9 Å². The van der Waals surface area contributed by atoms with Crippen molar-refractivity contribution in [2.24, 2.45) is 0 Å². The normalized spacial score (nSPS) is 15.6. The molecule has 2 atom stereocenters. The van der Waals surface area contributed by atoms with E-state index in [1.165, 1.54) is 4.90 Å². The number of aliphatic carboxylic acids is 1. The number of benzene rings is 3. The van der Waals surface area contributed by atoms with Crippen LogP contribution in [0.4, 0.5) is 4.79 Å². The van der Waals surface area contributed by atoms with Gasteiger partial charge in [0.2, 0.25) is 5.91 Å². The minimum absolute atomic E-state index is 0.0801. The Labute approximate surface area is 217 Å². The second-order valence-electron chi connectivity index (χ2n) is 8.39. The molecule has 35 heavy (non-hydrogen) atoms. The maximum Gasteiger partial charge on any atom is 0.411 e. The van der Waals surface area contributed by atoms with E-state index in [9.17, 15) is 19.5 Å². The Bertz CT molecular complexity index is 1200. The van der Waals surface area contributed by atoms with E-state index < -0.39 is 30.1 Å². The van der Waals surface area contributed by atoms with Gasteiger partial charge < -0.3 is 15.2 Å². The van der Waals surface area contributed by atoms with Crippen LogP contribution < -0.4 is 5.32 Å². The van der Waals surface area contributed by atoms with Crippen LogP contribution in [0, 0.1) is 3.57 Å². The molecule has 1 heterocycles. The fourth-order valence-electron chi connectivity index (χ4n) is 4.08. The summed E-state index contributed by atoms with van der Waals surface area (Å²) in [7, 11) is 0. The van der Waals surface area contributed by atoms with Gasteiger partial charge in [-0.15, -0.1) is 0 Å². The predicted octanol–water partition coefficient (Wildman–Crippen LogP) is 4.17. The van der Waals surface area contributed by atoms with E-state index in [4.69, 9.17) is 4.74 Å². The van der Waals surface area contributed by atoms with Crippen LogP contribution in [-0.4, -0.2) is 40.1 Å². The highest BCUT2D eigenvalue weighted by Gasteiger charge is 2.37. The Hall–Kier alpha value is -3.40. The molecule has 0 radical (unpaired) electrons. The number of hydrogen-bond donors (Lipinski definition) is 2. The molecule has 0 fully saturated rings. The van der Waals surface area contributed by atoms with Gasteiger partial charge in [-0.05, 0) is 57.0 Å². The summed E-state index contributed by atoms with van der Waals surface area (Å²) < 4.78 is 6.55. The van der Waals surface area contributed by atoms with Crippen LogP contribution in [0.5, 0.6) is 0 Å². The highest BCUT2D eigenvalue weighted by atomic mass is 127. The molecule has 0 spiro atoms. The van der Waals surface area contributed by atoms with E-state index in [1.54, 1.807) is 0 Å². The zero-order valence-electron chi connectivity index (χ0n) is 18.9. The Morgan fingerprint density at radius 1 is 0.943 bits per heavy atom. The molecule has 7 nitrogen and oxygen atoms in total. The fourth-order valence-corrected chi connectivity index (χ4v) is 4.44. The van der Waals surface area contributed by atoms with Gasteiger partial charge in [-0.1, -0.05) is 66.7 Å². The first kappa shape index (κ1) is 24.7. The Kier molecular flexibility index (Phi) is 8.02. The van der Waals surface area contributed by atoms with Crippen molar-refractivity contribution in [3.63, 3.8) is 0 Å². The summed E-state index contributed by atoms with van der Waals surface area (Å²) in [5.74, 6) is -1.65. The summed E-state index contributed by atoms with van der Waals surface area (Å²) in [5, 5.41) is 12.4. The summed E-state index contributed by atoms with van der Waals surface area (Å²) in [6, 6.07) is 22.3. The highest BCUT2D eigenvalue weighted by Crippen LogP contribution is 2.25. The number of fused-ring (bicyclic) bond motifs is 1. The van der Waals surface area contributed by atoms with Crippen molar-refractivity contribution >= 4 is 40.6 Å². The molecule has 3 aromatic carbocycles. The number of rotatable bonds is 7. The first-order chi connectivity index (χ1) is 16.9. The molecule has 1 aliphatic heterocycles. The fraction of sp³-hybridized carbons (Fsp3) is 0.222. The summed E-state index contributed by atoms with van der Waals surface area (Å²) in [6.07, 6.45) is -0.203. The lowest BCUT2D eigenvalue weighted by molar-refractivity contribution is -0.142. The number of carbonyl (C=O) groups excluding carboxylic acids is 2. The van der Waals surface area contributed by atoms with Crippen LogP contribution in [0.3, 0.4) is 0 Å². The average Bonchev–Trinajstić information content (AvgIpc) is 2.87. The third-order valence-corrected chi connectivity index (χ3v) is 6.68. The van der Waals surface area contributed by atoms with Gasteiger partial charge in [-0.25, -0.2) is 9.59 Å². The lowest BCUT2D eigenvalue weighted by Crippen LogP contribution is -2.56. The molecule has 0 aliphatic carbocycles.